The van der Waals surface area contributed by atoms with Gasteiger partial charge in [-0.1, -0.05) is 29.8 Å². The van der Waals surface area contributed by atoms with E-state index in [2.05, 4.69) is 50.4 Å². The third kappa shape index (κ3) is 4.82. The van der Waals surface area contributed by atoms with Crippen molar-refractivity contribution in [1.29, 1.82) is 0 Å². The van der Waals surface area contributed by atoms with Crippen LogP contribution in [0.2, 0.25) is 0 Å². The maximum atomic E-state index is 12.1. The van der Waals surface area contributed by atoms with Gasteiger partial charge in [0.2, 0.25) is 5.95 Å². The minimum Gasteiger partial charge on any atom is -0.354 e. The number of carbonyl (C=O) groups excluding carboxylic acids is 1. The van der Waals surface area contributed by atoms with Gasteiger partial charge < -0.3 is 10.6 Å². The highest BCUT2D eigenvalue weighted by molar-refractivity contribution is 9.10. The fourth-order valence-corrected chi connectivity index (χ4v) is 1.83. The predicted octanol–water partition coefficient (Wildman–Crippen LogP) is 3.56. The average Bonchev–Trinajstić information content (AvgIpc) is 2.48. The lowest BCUT2D eigenvalue weighted by atomic mass is 10.2. The molecule has 5 nitrogen and oxygen atoms in total. The lowest BCUT2D eigenvalue weighted by Gasteiger charge is -2.08. The van der Waals surface area contributed by atoms with Crippen LogP contribution in [0.25, 0.3) is 0 Å². The lowest BCUT2D eigenvalue weighted by Crippen LogP contribution is -2.14. The van der Waals surface area contributed by atoms with Crippen LogP contribution in [0.5, 0.6) is 0 Å². The molecular weight excluding hydrogens is 332 g/mol. The molecule has 1 heterocycles. The minimum absolute atomic E-state index is 0.229. The Morgan fingerprint density at radius 3 is 2.38 bits per heavy atom. The van der Waals surface area contributed by atoms with Crippen LogP contribution >= 0.6 is 15.9 Å². The van der Waals surface area contributed by atoms with Crippen molar-refractivity contribution in [2.24, 2.45) is 5.92 Å². The second-order valence-electron chi connectivity index (χ2n) is 5.03. The van der Waals surface area contributed by atoms with Gasteiger partial charge in [-0.25, -0.2) is 9.97 Å². The van der Waals surface area contributed by atoms with Crippen LogP contribution in [-0.4, -0.2) is 22.4 Å². The number of benzene rings is 1. The van der Waals surface area contributed by atoms with Crippen molar-refractivity contribution < 1.29 is 4.79 Å². The number of amides is 1. The average molecular weight is 349 g/mol. The molecule has 0 atom stereocenters. The molecule has 0 bridgehead atoms. The van der Waals surface area contributed by atoms with Crippen LogP contribution in [0.4, 0.5) is 11.6 Å². The molecule has 0 aliphatic rings. The quantitative estimate of drug-likeness (QED) is 0.866. The van der Waals surface area contributed by atoms with Crippen LogP contribution in [0.1, 0.15) is 24.2 Å². The van der Waals surface area contributed by atoms with E-state index >= 15 is 0 Å². The topological polar surface area (TPSA) is 66.9 Å². The zero-order valence-electron chi connectivity index (χ0n) is 11.9. The van der Waals surface area contributed by atoms with E-state index in [-0.39, 0.29) is 5.91 Å². The van der Waals surface area contributed by atoms with Crippen LogP contribution in [0, 0.1) is 5.92 Å². The first-order valence-electron chi connectivity index (χ1n) is 6.67. The molecule has 0 aliphatic carbocycles. The number of carbonyl (C=O) groups is 1. The summed E-state index contributed by atoms with van der Waals surface area (Å²) in [5, 5.41) is 5.90. The summed E-state index contributed by atoms with van der Waals surface area (Å²) in [6.45, 7) is 5.00. The highest BCUT2D eigenvalue weighted by Gasteiger charge is 2.07. The Morgan fingerprint density at radius 2 is 1.81 bits per heavy atom. The third-order valence-electron chi connectivity index (χ3n) is 2.68. The Labute approximate surface area is 132 Å². The number of anilines is 2. The Morgan fingerprint density at radius 1 is 1.19 bits per heavy atom. The second kappa shape index (κ2) is 7.17. The summed E-state index contributed by atoms with van der Waals surface area (Å²) in [6.07, 6.45) is 3.04. The summed E-state index contributed by atoms with van der Waals surface area (Å²) in [6, 6.07) is 7.37. The van der Waals surface area contributed by atoms with E-state index in [0.29, 0.717) is 17.4 Å². The summed E-state index contributed by atoms with van der Waals surface area (Å²) in [5.74, 6) is 0.811. The molecule has 0 fully saturated rings. The predicted molar refractivity (Wildman–Crippen MR) is 87.5 cm³/mol. The molecule has 0 spiro atoms. The van der Waals surface area contributed by atoms with Gasteiger partial charge in [-0.05, 0) is 30.2 Å². The van der Waals surface area contributed by atoms with Crippen molar-refractivity contribution in [3.8, 4) is 0 Å². The molecule has 0 unspecified atom stereocenters. The van der Waals surface area contributed by atoms with E-state index in [1.54, 1.807) is 0 Å². The third-order valence-corrected chi connectivity index (χ3v) is 3.21. The number of hydrogen-bond acceptors (Lipinski definition) is 4. The molecule has 2 aromatic rings. The van der Waals surface area contributed by atoms with Crippen molar-refractivity contribution in [3.63, 3.8) is 0 Å². The van der Waals surface area contributed by atoms with E-state index in [1.807, 2.05) is 24.3 Å². The van der Waals surface area contributed by atoms with Gasteiger partial charge in [0.25, 0.3) is 5.91 Å². The van der Waals surface area contributed by atoms with Crippen LogP contribution in [0.3, 0.4) is 0 Å². The zero-order valence-corrected chi connectivity index (χ0v) is 13.5. The van der Waals surface area contributed by atoms with Gasteiger partial charge in [0.15, 0.2) is 0 Å². The largest absolute Gasteiger partial charge is 0.354 e. The number of aromatic nitrogens is 2. The number of nitrogens with one attached hydrogen (secondary N) is 2. The standard InChI is InChI=1S/C15H17BrN4O/c1-10(2)7-17-15-18-8-11(9-19-15)14(21)20-13-5-3-12(16)4-6-13/h3-6,8-10H,7H2,1-2H3,(H,20,21)(H,17,18,19). The van der Waals surface area contributed by atoms with Gasteiger partial charge in [-0.3, -0.25) is 4.79 Å². The maximum Gasteiger partial charge on any atom is 0.258 e. The molecule has 1 aromatic heterocycles. The van der Waals surface area contributed by atoms with Crippen LogP contribution < -0.4 is 10.6 Å². The normalized spacial score (nSPS) is 10.5. The first kappa shape index (κ1) is 15.4. The van der Waals surface area contributed by atoms with E-state index in [4.69, 9.17) is 0 Å². The first-order chi connectivity index (χ1) is 10.0. The molecule has 0 aliphatic heterocycles. The molecule has 6 heteroatoms. The minimum atomic E-state index is -0.229. The summed E-state index contributed by atoms with van der Waals surface area (Å²) in [7, 11) is 0. The number of rotatable bonds is 5. The molecule has 0 saturated heterocycles. The van der Waals surface area contributed by atoms with Crippen molar-refractivity contribution >= 4 is 33.5 Å². The molecule has 1 amide bonds. The summed E-state index contributed by atoms with van der Waals surface area (Å²) in [5.41, 5.74) is 1.15. The van der Waals surface area contributed by atoms with Crippen LogP contribution in [-0.2, 0) is 0 Å². The molecule has 0 saturated carbocycles. The zero-order chi connectivity index (χ0) is 15.2. The van der Waals surface area contributed by atoms with Gasteiger partial charge >= 0.3 is 0 Å². The molecule has 2 rings (SSSR count). The highest BCUT2D eigenvalue weighted by Crippen LogP contribution is 2.15. The lowest BCUT2D eigenvalue weighted by molar-refractivity contribution is 0.102. The number of nitrogens with zero attached hydrogens (tertiary/aromatic N) is 2. The van der Waals surface area contributed by atoms with Crippen molar-refractivity contribution in [2.75, 3.05) is 17.2 Å². The Bertz CT molecular complexity index is 596. The Balaban J connectivity index is 1.97. The smallest absolute Gasteiger partial charge is 0.258 e. The molecular formula is C15H17BrN4O. The van der Waals surface area contributed by atoms with Gasteiger partial charge in [-0.2, -0.15) is 0 Å². The summed E-state index contributed by atoms with van der Waals surface area (Å²) >= 11 is 3.35. The SMILES string of the molecule is CC(C)CNc1ncc(C(=O)Nc2ccc(Br)cc2)cn1. The number of halogens is 1. The van der Waals surface area contributed by atoms with Crippen LogP contribution in [0.15, 0.2) is 41.1 Å². The summed E-state index contributed by atoms with van der Waals surface area (Å²) in [4.78, 5) is 20.3. The first-order valence-corrected chi connectivity index (χ1v) is 7.46. The van der Waals surface area contributed by atoms with E-state index in [1.165, 1.54) is 12.4 Å². The number of hydrogen-bond donors (Lipinski definition) is 2. The monoisotopic (exact) mass is 348 g/mol. The van der Waals surface area contributed by atoms with Gasteiger partial charge in [0.1, 0.15) is 0 Å². The van der Waals surface area contributed by atoms with Crippen molar-refractivity contribution in [1.82, 2.24) is 9.97 Å². The van der Waals surface area contributed by atoms with Gasteiger partial charge in [0, 0.05) is 29.1 Å². The van der Waals surface area contributed by atoms with E-state index < -0.39 is 0 Å². The fraction of sp³-hybridized carbons (Fsp3) is 0.267. The molecule has 2 N–H and O–H groups in total. The van der Waals surface area contributed by atoms with E-state index in [9.17, 15) is 4.79 Å². The maximum absolute atomic E-state index is 12.1. The van der Waals surface area contributed by atoms with Crippen molar-refractivity contribution in [2.45, 2.75) is 13.8 Å². The highest BCUT2D eigenvalue weighted by atomic mass is 79.9. The van der Waals surface area contributed by atoms with Crippen molar-refractivity contribution in [3.05, 3.63) is 46.7 Å². The van der Waals surface area contributed by atoms with E-state index in [0.717, 1.165) is 16.7 Å². The van der Waals surface area contributed by atoms with Gasteiger partial charge in [0.05, 0.1) is 5.56 Å². The molecule has 21 heavy (non-hydrogen) atoms. The molecule has 110 valence electrons. The Hall–Kier alpha value is -1.95. The molecule has 0 radical (unpaired) electrons. The molecule has 1 aromatic carbocycles. The Kier molecular flexibility index (Phi) is 5.27. The summed E-state index contributed by atoms with van der Waals surface area (Å²) < 4.78 is 0.962. The second-order valence-corrected chi connectivity index (χ2v) is 5.95. The van der Waals surface area contributed by atoms with Gasteiger partial charge in [-0.15, -0.1) is 0 Å². The fourth-order valence-electron chi connectivity index (χ4n) is 1.57.